The molecule has 5 nitrogen and oxygen atoms in total. The van der Waals surface area contributed by atoms with Crippen LogP contribution in [0.25, 0.3) is 0 Å². The van der Waals surface area contributed by atoms with Gasteiger partial charge in [-0.1, -0.05) is 11.6 Å². The van der Waals surface area contributed by atoms with Crippen molar-refractivity contribution in [3.8, 4) is 0 Å². The van der Waals surface area contributed by atoms with Crippen molar-refractivity contribution in [1.29, 1.82) is 0 Å². The molecule has 146 valence electrons. The SMILES string of the molecule is Cn1cc(C(=O)Nc2ccc(F)c(Cl)c2)cc1C(F)(F)C(=O)NC(C)(C)C. The van der Waals surface area contributed by atoms with Gasteiger partial charge in [0.25, 0.3) is 11.8 Å². The summed E-state index contributed by atoms with van der Waals surface area (Å²) in [6.45, 7) is 4.75. The predicted octanol–water partition coefficient (Wildman–Crippen LogP) is 4.08. The van der Waals surface area contributed by atoms with Gasteiger partial charge in [0.1, 0.15) is 5.82 Å². The van der Waals surface area contributed by atoms with Gasteiger partial charge in [-0.3, -0.25) is 9.59 Å². The molecular formula is C18H19ClF3N3O2. The molecule has 0 saturated carbocycles. The van der Waals surface area contributed by atoms with Crippen LogP contribution in [0.2, 0.25) is 5.02 Å². The Morgan fingerprint density at radius 3 is 2.33 bits per heavy atom. The molecule has 0 unspecified atom stereocenters. The molecule has 2 N–H and O–H groups in total. The van der Waals surface area contributed by atoms with Gasteiger partial charge in [-0.15, -0.1) is 0 Å². The van der Waals surface area contributed by atoms with Crippen molar-refractivity contribution in [2.24, 2.45) is 7.05 Å². The lowest BCUT2D eigenvalue weighted by molar-refractivity contribution is -0.149. The molecule has 0 atom stereocenters. The number of alkyl halides is 2. The maximum Gasteiger partial charge on any atom is 0.364 e. The number of benzene rings is 1. The smallest absolute Gasteiger partial charge is 0.348 e. The molecule has 2 rings (SSSR count). The third-order valence-electron chi connectivity index (χ3n) is 3.54. The zero-order chi connectivity index (χ0) is 20.6. The van der Waals surface area contributed by atoms with E-state index in [0.717, 1.165) is 16.7 Å². The largest absolute Gasteiger partial charge is 0.364 e. The molecule has 0 saturated heterocycles. The molecule has 0 spiro atoms. The lowest BCUT2D eigenvalue weighted by atomic mass is 10.1. The number of anilines is 1. The first kappa shape index (κ1) is 20.8. The number of nitrogens with zero attached hydrogens (tertiary/aromatic N) is 1. The normalized spacial score (nSPS) is 12.0. The Labute approximate surface area is 159 Å². The summed E-state index contributed by atoms with van der Waals surface area (Å²) in [5.74, 6) is -6.65. The summed E-state index contributed by atoms with van der Waals surface area (Å²) in [5.41, 5.74) is -1.36. The number of rotatable bonds is 4. The molecule has 9 heteroatoms. The minimum Gasteiger partial charge on any atom is -0.348 e. The summed E-state index contributed by atoms with van der Waals surface area (Å²) in [6, 6.07) is 4.49. The average molecular weight is 402 g/mol. The number of carbonyl (C=O) groups excluding carboxylic acids is 2. The second-order valence-electron chi connectivity index (χ2n) is 7.09. The van der Waals surface area contributed by atoms with Gasteiger partial charge in [0.15, 0.2) is 0 Å². The highest BCUT2D eigenvalue weighted by Crippen LogP contribution is 2.30. The molecule has 0 fully saturated rings. The molecule has 1 heterocycles. The standard InChI is InChI=1S/C18H19ClF3N3O2/c1-17(2,3)24-16(27)18(21,22)14-7-10(9-25(14)4)15(26)23-11-5-6-13(20)12(19)8-11/h5-9H,1-4H3,(H,23,26)(H,24,27). The van der Waals surface area contributed by atoms with E-state index in [0.29, 0.717) is 0 Å². The van der Waals surface area contributed by atoms with Gasteiger partial charge in [-0.05, 0) is 45.0 Å². The maximum absolute atomic E-state index is 14.5. The van der Waals surface area contributed by atoms with E-state index >= 15 is 0 Å². The van der Waals surface area contributed by atoms with Crippen LogP contribution in [0.5, 0.6) is 0 Å². The first-order valence-corrected chi connectivity index (χ1v) is 8.33. The Morgan fingerprint density at radius 2 is 1.78 bits per heavy atom. The van der Waals surface area contributed by atoms with Crippen molar-refractivity contribution in [1.82, 2.24) is 9.88 Å². The Morgan fingerprint density at radius 1 is 1.15 bits per heavy atom. The van der Waals surface area contributed by atoms with Gasteiger partial charge >= 0.3 is 5.92 Å². The van der Waals surface area contributed by atoms with E-state index in [9.17, 15) is 22.8 Å². The predicted molar refractivity (Wildman–Crippen MR) is 96.6 cm³/mol. The van der Waals surface area contributed by atoms with Crippen LogP contribution >= 0.6 is 11.6 Å². The van der Waals surface area contributed by atoms with Crippen molar-refractivity contribution in [3.05, 3.63) is 52.6 Å². The summed E-state index contributed by atoms with van der Waals surface area (Å²) in [7, 11) is 1.30. The molecule has 0 radical (unpaired) electrons. The molecule has 1 aromatic carbocycles. The van der Waals surface area contributed by atoms with Gasteiger partial charge in [-0.25, -0.2) is 4.39 Å². The number of hydrogen-bond donors (Lipinski definition) is 2. The number of aromatic nitrogens is 1. The second-order valence-corrected chi connectivity index (χ2v) is 7.49. The fourth-order valence-electron chi connectivity index (χ4n) is 2.31. The Hall–Kier alpha value is -2.48. The Bertz CT molecular complexity index is 888. The molecular weight excluding hydrogens is 383 g/mol. The van der Waals surface area contributed by atoms with E-state index in [1.54, 1.807) is 20.8 Å². The third-order valence-corrected chi connectivity index (χ3v) is 3.83. The van der Waals surface area contributed by atoms with E-state index in [-0.39, 0.29) is 16.3 Å². The second kappa shape index (κ2) is 7.26. The van der Waals surface area contributed by atoms with Gasteiger partial charge < -0.3 is 15.2 Å². The zero-order valence-electron chi connectivity index (χ0n) is 15.2. The van der Waals surface area contributed by atoms with Gasteiger partial charge in [0.2, 0.25) is 0 Å². The average Bonchev–Trinajstić information content (AvgIpc) is 2.92. The molecule has 27 heavy (non-hydrogen) atoms. The van der Waals surface area contributed by atoms with Crippen LogP contribution in [0.4, 0.5) is 18.9 Å². The zero-order valence-corrected chi connectivity index (χ0v) is 15.9. The summed E-state index contributed by atoms with van der Waals surface area (Å²) >= 11 is 5.65. The van der Waals surface area contributed by atoms with Gasteiger partial charge in [0.05, 0.1) is 16.3 Å². The highest BCUT2D eigenvalue weighted by Gasteiger charge is 2.44. The van der Waals surface area contributed by atoms with E-state index in [2.05, 4.69) is 10.6 Å². The minimum atomic E-state index is -3.83. The fraction of sp³-hybridized carbons (Fsp3) is 0.333. The summed E-state index contributed by atoms with van der Waals surface area (Å²) in [5, 5.41) is 4.47. The van der Waals surface area contributed by atoms with Crippen LogP contribution in [0, 0.1) is 5.82 Å². The number of carbonyl (C=O) groups is 2. The van der Waals surface area contributed by atoms with Crippen molar-refractivity contribution < 1.29 is 22.8 Å². The molecule has 2 aromatic rings. The first-order valence-electron chi connectivity index (χ1n) is 7.95. The van der Waals surface area contributed by atoms with E-state index in [4.69, 9.17) is 11.6 Å². The number of amides is 2. The minimum absolute atomic E-state index is 0.0869. The summed E-state index contributed by atoms with van der Waals surface area (Å²) < 4.78 is 43.2. The monoisotopic (exact) mass is 401 g/mol. The van der Waals surface area contributed by atoms with Crippen LogP contribution in [0.3, 0.4) is 0 Å². The van der Waals surface area contributed by atoms with E-state index in [1.165, 1.54) is 25.4 Å². The fourth-order valence-corrected chi connectivity index (χ4v) is 2.49. The number of nitrogens with one attached hydrogen (secondary N) is 2. The van der Waals surface area contributed by atoms with Crippen molar-refractivity contribution in [3.63, 3.8) is 0 Å². The highest BCUT2D eigenvalue weighted by atomic mass is 35.5. The van der Waals surface area contributed by atoms with Crippen LogP contribution < -0.4 is 10.6 Å². The molecule has 0 aliphatic rings. The highest BCUT2D eigenvalue weighted by molar-refractivity contribution is 6.31. The molecule has 0 bridgehead atoms. The lowest BCUT2D eigenvalue weighted by Crippen LogP contribution is -2.48. The quantitative estimate of drug-likeness (QED) is 0.811. The Balaban J connectivity index is 2.25. The van der Waals surface area contributed by atoms with Gasteiger partial charge in [0, 0.05) is 24.5 Å². The molecule has 1 aromatic heterocycles. The van der Waals surface area contributed by atoms with E-state index in [1.807, 2.05) is 0 Å². The van der Waals surface area contributed by atoms with Crippen molar-refractivity contribution >= 4 is 29.1 Å². The van der Waals surface area contributed by atoms with Crippen LogP contribution in [0.15, 0.2) is 30.5 Å². The topological polar surface area (TPSA) is 63.1 Å². The molecule has 0 aliphatic heterocycles. The van der Waals surface area contributed by atoms with Crippen molar-refractivity contribution in [2.45, 2.75) is 32.2 Å². The number of aryl methyl sites for hydroxylation is 1. The first-order chi connectivity index (χ1) is 12.3. The summed E-state index contributed by atoms with van der Waals surface area (Å²) in [6.07, 6.45) is 1.17. The lowest BCUT2D eigenvalue weighted by Gasteiger charge is -2.24. The number of halogens is 4. The number of hydrogen-bond acceptors (Lipinski definition) is 2. The van der Waals surface area contributed by atoms with Crippen LogP contribution in [-0.2, 0) is 17.8 Å². The summed E-state index contributed by atoms with van der Waals surface area (Å²) in [4.78, 5) is 24.2. The maximum atomic E-state index is 14.5. The third kappa shape index (κ3) is 4.82. The molecule has 0 aliphatic carbocycles. The van der Waals surface area contributed by atoms with Crippen molar-refractivity contribution in [2.75, 3.05) is 5.32 Å². The van der Waals surface area contributed by atoms with Crippen LogP contribution in [0.1, 0.15) is 36.8 Å². The van der Waals surface area contributed by atoms with E-state index < -0.39 is 34.8 Å². The Kier molecular flexibility index (Phi) is 5.60. The van der Waals surface area contributed by atoms with Crippen LogP contribution in [-0.4, -0.2) is 21.9 Å². The molecule has 2 amide bonds. The van der Waals surface area contributed by atoms with Gasteiger partial charge in [-0.2, -0.15) is 8.78 Å².